The van der Waals surface area contributed by atoms with Crippen molar-refractivity contribution in [1.29, 1.82) is 0 Å². The van der Waals surface area contributed by atoms with Gasteiger partial charge in [-0.15, -0.1) is 0 Å². The molecule has 2 aromatic heterocycles. The molecule has 2 aromatic rings. The summed E-state index contributed by atoms with van der Waals surface area (Å²) in [6.45, 7) is 1.90. The van der Waals surface area contributed by atoms with E-state index in [0.717, 1.165) is 0 Å². The molecule has 0 saturated carbocycles. The van der Waals surface area contributed by atoms with E-state index in [1.807, 2.05) is 6.92 Å². The van der Waals surface area contributed by atoms with E-state index >= 15 is 0 Å². The lowest BCUT2D eigenvalue weighted by Crippen LogP contribution is -2.06. The lowest BCUT2D eigenvalue weighted by molar-refractivity contribution is 0.0633. The van der Waals surface area contributed by atoms with Gasteiger partial charge in [0.15, 0.2) is 10.8 Å². The Hall–Kier alpha value is -1.20. The number of rotatable bonds is 2. The number of ether oxygens (including phenoxy) is 1. The van der Waals surface area contributed by atoms with Gasteiger partial charge in [-0.1, -0.05) is 11.6 Å². The molecular formula is C8H9ClN4O. The minimum atomic E-state index is -0.119. The predicted octanol–water partition coefficient (Wildman–Crippen LogP) is 1.64. The highest BCUT2D eigenvalue weighted by Crippen LogP contribution is 2.20. The fourth-order valence-corrected chi connectivity index (χ4v) is 1.38. The zero-order chi connectivity index (χ0) is 10.1. The summed E-state index contributed by atoms with van der Waals surface area (Å²) in [5, 5.41) is 0.358. The number of nitrogens with zero attached hydrogens (tertiary/aromatic N) is 4. The molecule has 0 aliphatic carbocycles. The highest BCUT2D eigenvalue weighted by molar-refractivity contribution is 6.33. The summed E-state index contributed by atoms with van der Waals surface area (Å²) in [6.07, 6.45) is 2.93. The van der Waals surface area contributed by atoms with Crippen LogP contribution in [0.2, 0.25) is 5.15 Å². The Morgan fingerprint density at radius 2 is 2.21 bits per heavy atom. The minimum absolute atomic E-state index is 0.119. The number of hydrogen-bond acceptors (Lipinski definition) is 4. The van der Waals surface area contributed by atoms with Gasteiger partial charge in [-0.3, -0.25) is 4.57 Å². The third kappa shape index (κ3) is 1.34. The first-order chi connectivity index (χ1) is 6.74. The first-order valence-corrected chi connectivity index (χ1v) is 4.47. The first-order valence-electron chi connectivity index (χ1n) is 4.10. The Balaban J connectivity index is 2.63. The zero-order valence-corrected chi connectivity index (χ0v) is 8.56. The fraction of sp³-hybridized carbons (Fsp3) is 0.375. The van der Waals surface area contributed by atoms with Crippen LogP contribution in [0.3, 0.4) is 0 Å². The van der Waals surface area contributed by atoms with Crippen molar-refractivity contribution in [3.8, 4) is 0 Å². The van der Waals surface area contributed by atoms with Gasteiger partial charge in [0.25, 0.3) is 0 Å². The number of hydrogen-bond donors (Lipinski definition) is 0. The van der Waals surface area contributed by atoms with Gasteiger partial charge in [0.1, 0.15) is 18.1 Å². The molecule has 0 aliphatic heterocycles. The molecule has 0 N–H and O–H groups in total. The summed E-state index contributed by atoms with van der Waals surface area (Å²) in [7, 11) is 1.62. The van der Waals surface area contributed by atoms with E-state index in [-0.39, 0.29) is 6.23 Å². The third-order valence-electron chi connectivity index (χ3n) is 2.05. The molecule has 1 unspecified atom stereocenters. The van der Waals surface area contributed by atoms with Crippen LogP contribution >= 0.6 is 11.6 Å². The normalized spacial score (nSPS) is 13.4. The number of halogens is 1. The second-order valence-corrected chi connectivity index (χ2v) is 3.18. The smallest absolute Gasteiger partial charge is 0.166 e. The third-order valence-corrected chi connectivity index (χ3v) is 2.32. The van der Waals surface area contributed by atoms with Crippen molar-refractivity contribution in [2.75, 3.05) is 7.11 Å². The molecule has 2 rings (SSSR count). The summed E-state index contributed by atoms with van der Waals surface area (Å²) in [6, 6.07) is 0. The molecule has 0 aromatic carbocycles. The molecule has 14 heavy (non-hydrogen) atoms. The van der Waals surface area contributed by atoms with Crippen LogP contribution in [0.25, 0.3) is 11.2 Å². The molecule has 74 valence electrons. The van der Waals surface area contributed by atoms with Crippen molar-refractivity contribution < 1.29 is 4.74 Å². The largest absolute Gasteiger partial charge is 0.361 e. The average Bonchev–Trinajstić information content (AvgIpc) is 2.62. The maximum absolute atomic E-state index is 5.85. The Kier molecular flexibility index (Phi) is 2.35. The summed E-state index contributed by atoms with van der Waals surface area (Å²) >= 11 is 5.85. The Bertz CT molecular complexity index is 456. The quantitative estimate of drug-likeness (QED) is 0.711. The molecule has 0 bridgehead atoms. The van der Waals surface area contributed by atoms with Crippen molar-refractivity contribution in [2.24, 2.45) is 0 Å². The van der Waals surface area contributed by atoms with E-state index in [4.69, 9.17) is 16.3 Å². The van der Waals surface area contributed by atoms with Gasteiger partial charge in [0, 0.05) is 7.11 Å². The molecule has 5 nitrogen and oxygen atoms in total. The summed E-state index contributed by atoms with van der Waals surface area (Å²) in [5.41, 5.74) is 1.28. The average molecular weight is 213 g/mol. The summed E-state index contributed by atoms with van der Waals surface area (Å²) < 4.78 is 6.96. The van der Waals surface area contributed by atoms with E-state index in [9.17, 15) is 0 Å². The number of methoxy groups -OCH3 is 1. The molecule has 1 atom stereocenters. The van der Waals surface area contributed by atoms with Gasteiger partial charge < -0.3 is 4.74 Å². The van der Waals surface area contributed by atoms with Gasteiger partial charge in [-0.05, 0) is 6.92 Å². The highest BCUT2D eigenvalue weighted by atomic mass is 35.5. The molecule has 0 saturated heterocycles. The molecule has 6 heteroatoms. The second-order valence-electron chi connectivity index (χ2n) is 2.82. The van der Waals surface area contributed by atoms with Crippen molar-refractivity contribution in [3.63, 3.8) is 0 Å². The van der Waals surface area contributed by atoms with Crippen molar-refractivity contribution in [3.05, 3.63) is 17.8 Å². The Morgan fingerprint density at radius 1 is 1.43 bits per heavy atom. The van der Waals surface area contributed by atoms with Crippen LogP contribution in [0.5, 0.6) is 0 Å². The van der Waals surface area contributed by atoms with E-state index < -0.39 is 0 Å². The van der Waals surface area contributed by atoms with Crippen LogP contribution in [0, 0.1) is 0 Å². The predicted molar refractivity (Wildman–Crippen MR) is 52.1 cm³/mol. The Morgan fingerprint density at radius 3 is 2.93 bits per heavy atom. The van der Waals surface area contributed by atoms with Crippen LogP contribution in [0.1, 0.15) is 13.2 Å². The maximum atomic E-state index is 5.85. The lowest BCUT2D eigenvalue weighted by atomic mass is 10.5. The zero-order valence-electron chi connectivity index (χ0n) is 7.81. The lowest BCUT2D eigenvalue weighted by Gasteiger charge is -2.10. The topological polar surface area (TPSA) is 52.8 Å². The molecule has 0 aliphatic rings. The molecular weight excluding hydrogens is 204 g/mol. The van der Waals surface area contributed by atoms with Crippen LogP contribution in [-0.2, 0) is 4.74 Å². The van der Waals surface area contributed by atoms with E-state index in [1.165, 1.54) is 6.33 Å². The van der Waals surface area contributed by atoms with Gasteiger partial charge in [-0.2, -0.15) is 0 Å². The molecule has 0 fully saturated rings. The highest BCUT2D eigenvalue weighted by Gasteiger charge is 2.11. The number of aromatic nitrogens is 4. The second kappa shape index (κ2) is 3.51. The van der Waals surface area contributed by atoms with Gasteiger partial charge in [0.2, 0.25) is 0 Å². The Labute approximate surface area is 85.7 Å². The first kappa shape index (κ1) is 9.36. The summed E-state index contributed by atoms with van der Waals surface area (Å²) in [5.74, 6) is 0. The molecule has 0 radical (unpaired) electrons. The SMILES string of the molecule is COC(C)n1cnc2c(Cl)ncnc21. The molecule has 0 amide bonds. The van der Waals surface area contributed by atoms with Crippen LogP contribution in [-0.4, -0.2) is 26.6 Å². The number of fused-ring (bicyclic) bond motifs is 1. The fourth-order valence-electron chi connectivity index (χ4n) is 1.20. The van der Waals surface area contributed by atoms with Crippen molar-refractivity contribution in [2.45, 2.75) is 13.2 Å². The molecule has 2 heterocycles. The van der Waals surface area contributed by atoms with E-state index in [0.29, 0.717) is 16.3 Å². The van der Waals surface area contributed by atoms with E-state index in [1.54, 1.807) is 18.0 Å². The molecule has 0 spiro atoms. The maximum Gasteiger partial charge on any atom is 0.166 e. The standard InChI is InChI=1S/C8H9ClN4O/c1-5(14-2)13-4-12-6-7(9)10-3-11-8(6)13/h3-5H,1-2H3. The minimum Gasteiger partial charge on any atom is -0.361 e. The van der Waals surface area contributed by atoms with Crippen LogP contribution < -0.4 is 0 Å². The van der Waals surface area contributed by atoms with Gasteiger partial charge in [0.05, 0.1) is 6.33 Å². The summed E-state index contributed by atoms with van der Waals surface area (Å²) in [4.78, 5) is 12.1. The van der Waals surface area contributed by atoms with Crippen LogP contribution in [0.15, 0.2) is 12.7 Å². The van der Waals surface area contributed by atoms with Crippen molar-refractivity contribution >= 4 is 22.8 Å². The van der Waals surface area contributed by atoms with Crippen LogP contribution in [0.4, 0.5) is 0 Å². The van der Waals surface area contributed by atoms with Crippen molar-refractivity contribution in [1.82, 2.24) is 19.5 Å². The van der Waals surface area contributed by atoms with Gasteiger partial charge in [-0.25, -0.2) is 15.0 Å². The van der Waals surface area contributed by atoms with E-state index in [2.05, 4.69) is 15.0 Å². The monoisotopic (exact) mass is 212 g/mol. The van der Waals surface area contributed by atoms with Gasteiger partial charge >= 0.3 is 0 Å². The number of imidazole rings is 1.